The second kappa shape index (κ2) is 10.6. The van der Waals surface area contributed by atoms with Crippen LogP contribution in [0.15, 0.2) is 24.3 Å². The van der Waals surface area contributed by atoms with Gasteiger partial charge in [0.15, 0.2) is 0 Å². The number of nitrogens with two attached hydrogens (primary N) is 1. The van der Waals surface area contributed by atoms with Crippen molar-refractivity contribution in [2.24, 2.45) is 5.73 Å². The minimum Gasteiger partial charge on any atom is -0.497 e. The van der Waals surface area contributed by atoms with E-state index in [-0.39, 0.29) is 12.1 Å². The Labute approximate surface area is 129 Å². The molecule has 1 aromatic rings. The van der Waals surface area contributed by atoms with Gasteiger partial charge in [0, 0.05) is 12.6 Å². The third-order valence-electron chi connectivity index (χ3n) is 3.70. The third-order valence-corrected chi connectivity index (χ3v) is 3.70. The van der Waals surface area contributed by atoms with E-state index in [1.807, 2.05) is 25.1 Å². The molecular weight excluding hydrogens is 262 g/mol. The summed E-state index contributed by atoms with van der Waals surface area (Å²) in [4.78, 5) is 0. The van der Waals surface area contributed by atoms with Crippen molar-refractivity contribution in [3.63, 3.8) is 0 Å². The second-order valence-electron chi connectivity index (χ2n) is 5.69. The highest BCUT2D eigenvalue weighted by atomic mass is 16.5. The molecule has 2 unspecified atom stereocenters. The van der Waals surface area contributed by atoms with Crippen LogP contribution in [0.25, 0.3) is 0 Å². The predicted molar refractivity (Wildman–Crippen MR) is 88.7 cm³/mol. The summed E-state index contributed by atoms with van der Waals surface area (Å²) in [6.45, 7) is 5.01. The topological polar surface area (TPSA) is 44.5 Å². The van der Waals surface area contributed by atoms with E-state index in [4.69, 9.17) is 15.2 Å². The van der Waals surface area contributed by atoms with Gasteiger partial charge in [-0.15, -0.1) is 0 Å². The van der Waals surface area contributed by atoms with E-state index in [2.05, 4.69) is 13.0 Å². The summed E-state index contributed by atoms with van der Waals surface area (Å²) < 4.78 is 11.3. The highest BCUT2D eigenvalue weighted by molar-refractivity contribution is 5.30. The number of methoxy groups -OCH3 is 1. The van der Waals surface area contributed by atoms with Crippen molar-refractivity contribution in [1.29, 1.82) is 0 Å². The Hall–Kier alpha value is -1.06. The average Bonchev–Trinajstić information content (AvgIpc) is 2.49. The zero-order valence-corrected chi connectivity index (χ0v) is 13.8. The highest BCUT2D eigenvalue weighted by Crippen LogP contribution is 2.24. The molecule has 0 spiro atoms. The summed E-state index contributed by atoms with van der Waals surface area (Å²) >= 11 is 0. The first-order valence-electron chi connectivity index (χ1n) is 8.20. The maximum absolute atomic E-state index is 6.07. The summed E-state index contributed by atoms with van der Waals surface area (Å²) in [5, 5.41) is 0. The van der Waals surface area contributed by atoms with Crippen LogP contribution in [-0.2, 0) is 4.74 Å². The zero-order valence-electron chi connectivity index (χ0n) is 13.8. The monoisotopic (exact) mass is 293 g/mol. The van der Waals surface area contributed by atoms with E-state index >= 15 is 0 Å². The number of hydrogen-bond donors (Lipinski definition) is 1. The fraction of sp³-hybridized carbons (Fsp3) is 0.667. The molecule has 0 bridgehead atoms. The van der Waals surface area contributed by atoms with Crippen molar-refractivity contribution >= 4 is 0 Å². The Kier molecular flexibility index (Phi) is 9.11. The first-order chi connectivity index (χ1) is 10.2. The molecule has 2 N–H and O–H groups in total. The minimum absolute atomic E-state index is 0.0304. The lowest BCUT2D eigenvalue weighted by atomic mass is 10.0. The van der Waals surface area contributed by atoms with Crippen molar-refractivity contribution in [3.8, 4) is 5.75 Å². The molecule has 120 valence electrons. The van der Waals surface area contributed by atoms with E-state index in [9.17, 15) is 0 Å². The SMILES string of the molecule is CCCCCCCCOC(c1cccc(OC)c1)C(C)N. The molecule has 0 aliphatic carbocycles. The Morgan fingerprint density at radius 1 is 1.10 bits per heavy atom. The van der Waals surface area contributed by atoms with E-state index in [0.717, 1.165) is 24.3 Å². The quantitative estimate of drug-likeness (QED) is 0.613. The molecule has 0 saturated heterocycles. The largest absolute Gasteiger partial charge is 0.497 e. The molecular formula is C18H31NO2. The minimum atomic E-state index is -0.0595. The average molecular weight is 293 g/mol. The van der Waals surface area contributed by atoms with E-state index in [0.29, 0.717) is 0 Å². The van der Waals surface area contributed by atoms with Gasteiger partial charge < -0.3 is 15.2 Å². The van der Waals surface area contributed by atoms with Crippen LogP contribution in [0.5, 0.6) is 5.75 Å². The Morgan fingerprint density at radius 3 is 2.48 bits per heavy atom. The van der Waals surface area contributed by atoms with Gasteiger partial charge in [0.2, 0.25) is 0 Å². The first-order valence-corrected chi connectivity index (χ1v) is 8.20. The zero-order chi connectivity index (χ0) is 15.5. The molecule has 0 aliphatic heterocycles. The van der Waals surface area contributed by atoms with E-state index in [1.54, 1.807) is 7.11 Å². The van der Waals surface area contributed by atoms with Crippen molar-refractivity contribution in [2.75, 3.05) is 13.7 Å². The van der Waals surface area contributed by atoms with Crippen LogP contribution >= 0.6 is 0 Å². The molecule has 21 heavy (non-hydrogen) atoms. The summed E-state index contributed by atoms with van der Waals surface area (Å²) in [6, 6.07) is 7.96. The summed E-state index contributed by atoms with van der Waals surface area (Å²) in [5.41, 5.74) is 7.17. The standard InChI is InChI=1S/C18H31NO2/c1-4-5-6-7-8-9-13-21-18(15(2)19)16-11-10-12-17(14-16)20-3/h10-12,14-15,18H,4-9,13,19H2,1-3H3. The maximum atomic E-state index is 6.07. The molecule has 0 amide bonds. The lowest BCUT2D eigenvalue weighted by Crippen LogP contribution is -2.27. The van der Waals surface area contributed by atoms with Gasteiger partial charge in [0.25, 0.3) is 0 Å². The molecule has 0 radical (unpaired) electrons. The summed E-state index contributed by atoms with van der Waals surface area (Å²) in [6.07, 6.45) is 7.56. The lowest BCUT2D eigenvalue weighted by molar-refractivity contribution is 0.0357. The molecule has 1 aromatic carbocycles. The molecule has 0 saturated carbocycles. The molecule has 2 atom stereocenters. The Balaban J connectivity index is 2.39. The van der Waals surface area contributed by atoms with Crippen LogP contribution in [-0.4, -0.2) is 19.8 Å². The number of ether oxygens (including phenoxy) is 2. The molecule has 3 nitrogen and oxygen atoms in total. The van der Waals surface area contributed by atoms with Crippen LogP contribution < -0.4 is 10.5 Å². The van der Waals surface area contributed by atoms with Crippen molar-refractivity contribution in [2.45, 2.75) is 64.5 Å². The van der Waals surface area contributed by atoms with Crippen LogP contribution in [0.2, 0.25) is 0 Å². The number of benzene rings is 1. The van der Waals surface area contributed by atoms with Gasteiger partial charge in [-0.25, -0.2) is 0 Å². The van der Waals surface area contributed by atoms with Gasteiger partial charge in [-0.05, 0) is 31.0 Å². The molecule has 3 heteroatoms. The van der Waals surface area contributed by atoms with E-state index < -0.39 is 0 Å². The van der Waals surface area contributed by atoms with Gasteiger partial charge in [-0.3, -0.25) is 0 Å². The van der Waals surface area contributed by atoms with Gasteiger partial charge in [-0.2, -0.15) is 0 Å². The van der Waals surface area contributed by atoms with E-state index in [1.165, 1.54) is 32.1 Å². The number of unbranched alkanes of at least 4 members (excludes halogenated alkanes) is 5. The number of hydrogen-bond acceptors (Lipinski definition) is 3. The highest BCUT2D eigenvalue weighted by Gasteiger charge is 2.17. The molecule has 0 aromatic heterocycles. The van der Waals surface area contributed by atoms with Crippen LogP contribution in [0.4, 0.5) is 0 Å². The molecule has 1 rings (SSSR count). The molecule has 0 aliphatic rings. The summed E-state index contributed by atoms with van der Waals surface area (Å²) in [7, 11) is 1.68. The normalized spacial score (nSPS) is 13.9. The molecule has 0 heterocycles. The van der Waals surface area contributed by atoms with Gasteiger partial charge >= 0.3 is 0 Å². The summed E-state index contributed by atoms with van der Waals surface area (Å²) in [5.74, 6) is 0.848. The molecule has 0 fully saturated rings. The third kappa shape index (κ3) is 6.96. The van der Waals surface area contributed by atoms with Crippen molar-refractivity contribution < 1.29 is 9.47 Å². The second-order valence-corrected chi connectivity index (χ2v) is 5.69. The van der Waals surface area contributed by atoms with Crippen molar-refractivity contribution in [3.05, 3.63) is 29.8 Å². The van der Waals surface area contributed by atoms with Crippen LogP contribution in [0.1, 0.15) is 64.0 Å². The Morgan fingerprint density at radius 2 is 1.81 bits per heavy atom. The predicted octanol–water partition coefficient (Wildman–Crippen LogP) is 4.46. The lowest BCUT2D eigenvalue weighted by Gasteiger charge is -2.22. The van der Waals surface area contributed by atoms with Gasteiger partial charge in [-0.1, -0.05) is 51.2 Å². The Bertz CT molecular complexity index is 379. The smallest absolute Gasteiger partial charge is 0.119 e. The first kappa shape index (κ1) is 18.0. The number of rotatable bonds is 11. The fourth-order valence-corrected chi connectivity index (χ4v) is 2.46. The van der Waals surface area contributed by atoms with Crippen molar-refractivity contribution in [1.82, 2.24) is 0 Å². The van der Waals surface area contributed by atoms with Crippen LogP contribution in [0.3, 0.4) is 0 Å². The van der Waals surface area contributed by atoms with Gasteiger partial charge in [0.05, 0.1) is 13.2 Å². The van der Waals surface area contributed by atoms with Gasteiger partial charge in [0.1, 0.15) is 5.75 Å². The maximum Gasteiger partial charge on any atom is 0.119 e. The fourth-order valence-electron chi connectivity index (χ4n) is 2.46. The van der Waals surface area contributed by atoms with Crippen LogP contribution in [0, 0.1) is 0 Å².